The molecule has 4 aromatic rings. The third kappa shape index (κ3) is 4.68. The van der Waals surface area contributed by atoms with Crippen molar-refractivity contribution in [1.29, 1.82) is 0 Å². The van der Waals surface area contributed by atoms with Gasteiger partial charge in [0.25, 0.3) is 0 Å². The second kappa shape index (κ2) is 10.7. The highest BCUT2D eigenvalue weighted by Crippen LogP contribution is 2.56. The molecular formula is C34H26BrClN2O5. The summed E-state index contributed by atoms with van der Waals surface area (Å²) in [6.07, 6.45) is 3.04. The number of ketones is 1. The molecule has 216 valence electrons. The lowest BCUT2D eigenvalue weighted by atomic mass is 9.81. The van der Waals surface area contributed by atoms with Crippen molar-refractivity contribution in [3.63, 3.8) is 0 Å². The molecule has 3 aromatic carbocycles. The van der Waals surface area contributed by atoms with Gasteiger partial charge in [-0.1, -0.05) is 57.9 Å². The first-order valence-corrected chi connectivity index (χ1v) is 15.4. The van der Waals surface area contributed by atoms with Crippen molar-refractivity contribution in [2.75, 3.05) is 11.5 Å². The number of fused-ring (bicyclic) bond motifs is 6. The molecule has 0 N–H and O–H groups in total. The van der Waals surface area contributed by atoms with Crippen molar-refractivity contribution < 1.29 is 23.9 Å². The van der Waals surface area contributed by atoms with Gasteiger partial charge in [-0.05, 0) is 80.0 Å². The van der Waals surface area contributed by atoms with Gasteiger partial charge in [-0.3, -0.25) is 19.3 Å². The summed E-state index contributed by atoms with van der Waals surface area (Å²) in [6.45, 7) is 1.41. The smallest absolute Gasteiger partial charge is 0.339 e. The maximum absolute atomic E-state index is 13.4. The van der Waals surface area contributed by atoms with Gasteiger partial charge in [0.05, 0.1) is 34.3 Å². The van der Waals surface area contributed by atoms with Gasteiger partial charge in [0, 0.05) is 26.0 Å². The summed E-state index contributed by atoms with van der Waals surface area (Å²) < 4.78 is 6.31. The Morgan fingerprint density at radius 1 is 0.953 bits per heavy atom. The van der Waals surface area contributed by atoms with Crippen LogP contribution in [0, 0.1) is 30.6 Å². The monoisotopic (exact) mass is 656 g/mol. The number of aromatic nitrogens is 1. The van der Waals surface area contributed by atoms with Crippen LogP contribution in [0.3, 0.4) is 0 Å². The Bertz CT molecular complexity index is 1810. The minimum absolute atomic E-state index is 0.0910. The minimum Gasteiger partial charge on any atom is -0.454 e. The fourth-order valence-corrected chi connectivity index (χ4v) is 7.51. The van der Waals surface area contributed by atoms with Gasteiger partial charge >= 0.3 is 5.97 Å². The molecule has 3 aliphatic rings. The van der Waals surface area contributed by atoms with E-state index in [1.165, 1.54) is 4.90 Å². The number of hydrogen-bond donors (Lipinski definition) is 0. The first-order chi connectivity index (χ1) is 20.7. The highest BCUT2D eigenvalue weighted by atomic mass is 79.9. The number of anilines is 1. The SMILES string of the molecule is Cc1c(Cl)ccc2c(C(=O)OCC(=O)c3ccc(Br)cc3)cc(-c3ccc(N4C(=O)C5C6CCC(C6)C5C4=O)cc3)nc12. The van der Waals surface area contributed by atoms with Gasteiger partial charge in [0.2, 0.25) is 11.8 Å². The predicted molar refractivity (Wildman–Crippen MR) is 166 cm³/mol. The third-order valence-electron chi connectivity index (χ3n) is 9.24. The number of rotatable bonds is 6. The highest BCUT2D eigenvalue weighted by Gasteiger charge is 2.61. The van der Waals surface area contributed by atoms with Crippen LogP contribution in [0.2, 0.25) is 5.02 Å². The minimum atomic E-state index is -0.660. The maximum Gasteiger partial charge on any atom is 0.339 e. The molecule has 0 radical (unpaired) electrons. The molecule has 4 atom stereocenters. The van der Waals surface area contributed by atoms with Crippen molar-refractivity contribution in [2.24, 2.45) is 23.7 Å². The molecule has 2 heterocycles. The molecule has 1 aromatic heterocycles. The number of nitrogens with zero attached hydrogens (tertiary/aromatic N) is 2. The standard InChI is InChI=1S/C34H26BrClN2O5/c1-17-26(36)13-12-24-25(34(42)43-16-28(39)19-4-8-22(35)9-5-19)15-27(37-31(17)24)18-6-10-23(11-7-18)38-32(40)29-20-2-3-21(14-20)30(29)33(38)41/h4-13,15,20-21,29-30H,2-3,14,16H2,1H3. The van der Waals surface area contributed by atoms with Crippen LogP contribution in [0.1, 0.15) is 45.5 Å². The zero-order chi connectivity index (χ0) is 30.0. The number of benzene rings is 3. The molecule has 7 nitrogen and oxygen atoms in total. The van der Waals surface area contributed by atoms with Crippen molar-refractivity contribution >= 4 is 67.7 Å². The molecule has 2 aliphatic carbocycles. The second-order valence-corrected chi connectivity index (χ2v) is 12.9. The van der Waals surface area contributed by atoms with E-state index in [2.05, 4.69) is 15.9 Å². The lowest BCUT2D eigenvalue weighted by Crippen LogP contribution is -2.32. The molecular weight excluding hydrogens is 632 g/mol. The lowest BCUT2D eigenvalue weighted by molar-refractivity contribution is -0.123. The van der Waals surface area contributed by atoms with Crippen molar-refractivity contribution in [2.45, 2.75) is 26.2 Å². The van der Waals surface area contributed by atoms with Crippen LogP contribution in [-0.4, -0.2) is 35.2 Å². The van der Waals surface area contributed by atoms with Crippen LogP contribution in [0.25, 0.3) is 22.2 Å². The van der Waals surface area contributed by atoms with Crippen LogP contribution < -0.4 is 4.90 Å². The normalized spacial score (nSPS) is 22.3. The van der Waals surface area contributed by atoms with Crippen molar-refractivity contribution in [3.05, 3.63) is 92.9 Å². The first kappa shape index (κ1) is 27.9. The van der Waals surface area contributed by atoms with Crippen LogP contribution in [0.15, 0.2) is 71.2 Å². The number of pyridine rings is 1. The summed E-state index contributed by atoms with van der Waals surface area (Å²) in [5.41, 5.74) is 3.64. The Kier molecular flexibility index (Phi) is 6.94. The lowest BCUT2D eigenvalue weighted by Gasteiger charge is -2.19. The number of halogens is 2. The number of aryl methyl sites for hydroxylation is 1. The van der Waals surface area contributed by atoms with Gasteiger partial charge in [-0.25, -0.2) is 9.78 Å². The Hall–Kier alpha value is -3.88. The average molecular weight is 658 g/mol. The van der Waals surface area contributed by atoms with E-state index in [1.54, 1.807) is 66.7 Å². The Labute approximate surface area is 261 Å². The summed E-state index contributed by atoms with van der Waals surface area (Å²) in [4.78, 5) is 58.8. The van der Waals surface area contributed by atoms with E-state index >= 15 is 0 Å². The molecule has 7 rings (SSSR count). The molecule has 1 saturated heterocycles. The second-order valence-electron chi connectivity index (χ2n) is 11.6. The fourth-order valence-electron chi connectivity index (χ4n) is 7.09. The van der Waals surface area contributed by atoms with E-state index in [0.717, 1.165) is 23.7 Å². The number of amides is 2. The van der Waals surface area contributed by atoms with Crippen molar-refractivity contribution in [1.82, 2.24) is 4.98 Å². The molecule has 3 fully saturated rings. The molecule has 9 heteroatoms. The fraction of sp³-hybridized carbons (Fsp3) is 0.265. The molecule has 43 heavy (non-hydrogen) atoms. The average Bonchev–Trinajstić information content (AvgIpc) is 3.71. The van der Waals surface area contributed by atoms with Crippen molar-refractivity contribution in [3.8, 4) is 11.3 Å². The van der Waals surface area contributed by atoms with Gasteiger partial charge in [-0.15, -0.1) is 0 Å². The molecule has 4 unspecified atom stereocenters. The predicted octanol–water partition coefficient (Wildman–Crippen LogP) is 7.20. The first-order valence-electron chi connectivity index (χ1n) is 14.2. The quantitative estimate of drug-likeness (QED) is 0.124. The van der Waals surface area contributed by atoms with Gasteiger partial charge in [-0.2, -0.15) is 0 Å². The Balaban J connectivity index is 1.19. The molecule has 0 spiro atoms. The number of carbonyl (C=O) groups is 4. The van der Waals surface area contributed by atoms with E-state index in [-0.39, 0.29) is 35.0 Å². The Morgan fingerprint density at radius 3 is 2.26 bits per heavy atom. The van der Waals surface area contributed by atoms with Crippen LogP contribution in [-0.2, 0) is 14.3 Å². The largest absolute Gasteiger partial charge is 0.454 e. The molecule has 2 bridgehead atoms. The van der Waals surface area contributed by atoms with Gasteiger partial charge < -0.3 is 4.74 Å². The van der Waals surface area contributed by atoms with Crippen LogP contribution in [0.5, 0.6) is 0 Å². The van der Waals surface area contributed by atoms with Gasteiger partial charge in [0.15, 0.2) is 12.4 Å². The van der Waals surface area contributed by atoms with E-state index < -0.39 is 12.6 Å². The third-order valence-corrected chi connectivity index (χ3v) is 10.2. The van der Waals surface area contributed by atoms with Crippen LogP contribution >= 0.6 is 27.5 Å². The molecule has 2 amide bonds. The van der Waals surface area contributed by atoms with E-state index in [1.807, 2.05) is 6.92 Å². The molecule has 2 saturated carbocycles. The maximum atomic E-state index is 13.4. The summed E-state index contributed by atoms with van der Waals surface area (Å²) >= 11 is 9.76. The summed E-state index contributed by atoms with van der Waals surface area (Å²) in [5.74, 6) is -0.912. The zero-order valence-electron chi connectivity index (χ0n) is 23.2. The van der Waals surface area contributed by atoms with E-state index in [4.69, 9.17) is 21.3 Å². The number of esters is 1. The summed E-state index contributed by atoms with van der Waals surface area (Å²) in [7, 11) is 0. The van der Waals surface area contributed by atoms with Crippen LogP contribution in [0.4, 0.5) is 5.69 Å². The Morgan fingerprint density at radius 2 is 1.60 bits per heavy atom. The molecule has 1 aliphatic heterocycles. The number of imide groups is 1. The zero-order valence-corrected chi connectivity index (χ0v) is 25.5. The summed E-state index contributed by atoms with van der Waals surface area (Å²) in [6, 6.07) is 18.9. The van der Waals surface area contributed by atoms with E-state index in [0.29, 0.717) is 55.8 Å². The number of hydrogen-bond acceptors (Lipinski definition) is 6. The topological polar surface area (TPSA) is 93.6 Å². The number of carbonyl (C=O) groups excluding carboxylic acids is 4. The van der Waals surface area contributed by atoms with E-state index in [9.17, 15) is 19.2 Å². The number of ether oxygens (including phenoxy) is 1. The number of Topliss-reactive ketones (excluding diaryl/α,β-unsaturated/α-hetero) is 1. The van der Waals surface area contributed by atoms with Gasteiger partial charge in [0.1, 0.15) is 0 Å². The summed E-state index contributed by atoms with van der Waals surface area (Å²) in [5, 5.41) is 1.06. The highest BCUT2D eigenvalue weighted by molar-refractivity contribution is 9.10.